The summed E-state index contributed by atoms with van der Waals surface area (Å²) in [6, 6.07) is 24.4. The molecule has 1 atom stereocenters. The lowest BCUT2D eigenvalue weighted by molar-refractivity contribution is -0.141. The Hall–Kier alpha value is -2.47. The van der Waals surface area contributed by atoms with Gasteiger partial charge in [-0.3, -0.25) is 9.59 Å². The van der Waals surface area contributed by atoms with Crippen LogP contribution in [0, 0.1) is 5.92 Å². The van der Waals surface area contributed by atoms with E-state index >= 15 is 0 Å². The normalized spacial score (nSPS) is 11.8. The average Bonchev–Trinajstić information content (AvgIpc) is 2.88. The molecular formula is C30H34Cl2N2O2S. The van der Waals surface area contributed by atoms with Crippen LogP contribution in [0.15, 0.2) is 83.8 Å². The number of halogens is 2. The molecule has 0 heterocycles. The molecule has 0 saturated heterocycles. The van der Waals surface area contributed by atoms with E-state index in [2.05, 4.69) is 19.2 Å². The third-order valence-electron chi connectivity index (χ3n) is 5.81. The first kappa shape index (κ1) is 29.1. The number of hydrogen-bond donors (Lipinski definition) is 1. The van der Waals surface area contributed by atoms with Gasteiger partial charge in [0, 0.05) is 40.9 Å². The van der Waals surface area contributed by atoms with E-state index in [1.54, 1.807) is 16.7 Å². The molecular weight excluding hydrogens is 523 g/mol. The molecule has 1 N–H and O–H groups in total. The molecule has 0 saturated carbocycles. The Morgan fingerprint density at radius 3 is 2.27 bits per heavy atom. The Kier molecular flexibility index (Phi) is 11.8. The Morgan fingerprint density at radius 2 is 1.59 bits per heavy atom. The van der Waals surface area contributed by atoms with Crippen LogP contribution < -0.4 is 5.32 Å². The van der Waals surface area contributed by atoms with Crippen molar-refractivity contribution < 1.29 is 9.59 Å². The van der Waals surface area contributed by atoms with E-state index < -0.39 is 6.04 Å². The molecule has 0 fully saturated rings. The molecule has 1 unspecified atom stereocenters. The molecule has 4 nitrogen and oxygen atoms in total. The third kappa shape index (κ3) is 10.1. The first-order valence-electron chi connectivity index (χ1n) is 12.6. The molecule has 37 heavy (non-hydrogen) atoms. The van der Waals surface area contributed by atoms with Gasteiger partial charge in [-0.2, -0.15) is 0 Å². The van der Waals surface area contributed by atoms with Crippen molar-refractivity contribution in [2.45, 2.75) is 50.6 Å². The summed E-state index contributed by atoms with van der Waals surface area (Å²) < 4.78 is 0. The lowest BCUT2D eigenvalue weighted by atomic mass is 10.0. The highest BCUT2D eigenvalue weighted by atomic mass is 35.5. The monoisotopic (exact) mass is 556 g/mol. The second-order valence-corrected chi connectivity index (χ2v) is 11.4. The Balaban J connectivity index is 1.78. The van der Waals surface area contributed by atoms with Crippen molar-refractivity contribution in [2.75, 3.05) is 12.3 Å². The number of rotatable bonds is 13. The van der Waals surface area contributed by atoms with Crippen LogP contribution in [-0.2, 0) is 22.6 Å². The van der Waals surface area contributed by atoms with Crippen molar-refractivity contribution in [1.29, 1.82) is 0 Å². The van der Waals surface area contributed by atoms with Gasteiger partial charge in [0.05, 0.1) is 0 Å². The van der Waals surface area contributed by atoms with Crippen molar-refractivity contribution in [1.82, 2.24) is 10.2 Å². The third-order valence-corrected chi connectivity index (χ3v) is 7.40. The van der Waals surface area contributed by atoms with Crippen LogP contribution in [0.2, 0.25) is 10.0 Å². The quantitative estimate of drug-likeness (QED) is 0.178. The maximum Gasteiger partial charge on any atom is 0.243 e. The Morgan fingerprint density at radius 1 is 0.892 bits per heavy atom. The van der Waals surface area contributed by atoms with Crippen LogP contribution in [0.4, 0.5) is 0 Å². The summed E-state index contributed by atoms with van der Waals surface area (Å²) in [5, 5.41) is 4.36. The first-order chi connectivity index (χ1) is 17.8. The maximum atomic E-state index is 13.6. The van der Waals surface area contributed by atoms with E-state index in [0.29, 0.717) is 48.3 Å². The fourth-order valence-electron chi connectivity index (χ4n) is 3.90. The number of thioether (sulfide) groups is 1. The summed E-state index contributed by atoms with van der Waals surface area (Å²) in [4.78, 5) is 29.9. The van der Waals surface area contributed by atoms with E-state index in [0.717, 1.165) is 21.8 Å². The zero-order chi connectivity index (χ0) is 26.6. The predicted octanol–water partition coefficient (Wildman–Crippen LogP) is 7.28. The second-order valence-electron chi connectivity index (χ2n) is 9.40. The molecule has 0 aliphatic carbocycles. The summed E-state index contributed by atoms with van der Waals surface area (Å²) in [5.41, 5.74) is 1.90. The van der Waals surface area contributed by atoms with Gasteiger partial charge in [0.25, 0.3) is 0 Å². The molecule has 3 rings (SSSR count). The molecule has 3 aromatic carbocycles. The van der Waals surface area contributed by atoms with Gasteiger partial charge in [0.1, 0.15) is 6.04 Å². The molecule has 0 bridgehead atoms. The van der Waals surface area contributed by atoms with Gasteiger partial charge in [-0.15, -0.1) is 11.8 Å². The van der Waals surface area contributed by atoms with Crippen molar-refractivity contribution in [3.05, 3.63) is 100 Å². The topological polar surface area (TPSA) is 49.4 Å². The molecule has 3 aromatic rings. The van der Waals surface area contributed by atoms with Gasteiger partial charge < -0.3 is 10.2 Å². The predicted molar refractivity (Wildman–Crippen MR) is 155 cm³/mol. The van der Waals surface area contributed by atoms with Gasteiger partial charge >= 0.3 is 0 Å². The fourth-order valence-corrected chi connectivity index (χ4v) is 5.09. The summed E-state index contributed by atoms with van der Waals surface area (Å²) in [5.74, 6) is 0.922. The lowest BCUT2D eigenvalue weighted by Crippen LogP contribution is -2.51. The average molecular weight is 558 g/mol. The number of nitrogens with zero attached hydrogens (tertiary/aromatic N) is 1. The van der Waals surface area contributed by atoms with Gasteiger partial charge in [-0.05, 0) is 65.6 Å². The molecule has 0 aliphatic rings. The number of carbonyl (C=O) groups excluding carboxylic acids is 2. The number of benzene rings is 3. The molecule has 0 radical (unpaired) electrons. The minimum absolute atomic E-state index is 0.0442. The van der Waals surface area contributed by atoms with Gasteiger partial charge in [0.15, 0.2) is 0 Å². The molecule has 0 aromatic heterocycles. The summed E-state index contributed by atoms with van der Waals surface area (Å²) in [6.45, 7) is 4.98. The highest BCUT2D eigenvalue weighted by Gasteiger charge is 2.30. The fraction of sp³-hybridized carbons (Fsp3) is 0.333. The van der Waals surface area contributed by atoms with Gasteiger partial charge in [0.2, 0.25) is 11.8 Å². The number of amides is 2. The van der Waals surface area contributed by atoms with Crippen LogP contribution >= 0.6 is 35.0 Å². The zero-order valence-electron chi connectivity index (χ0n) is 21.3. The molecule has 0 aliphatic heterocycles. The van der Waals surface area contributed by atoms with Crippen molar-refractivity contribution >= 4 is 46.8 Å². The largest absolute Gasteiger partial charge is 0.354 e. The minimum Gasteiger partial charge on any atom is -0.354 e. The van der Waals surface area contributed by atoms with Crippen molar-refractivity contribution in [3.8, 4) is 0 Å². The van der Waals surface area contributed by atoms with E-state index in [4.69, 9.17) is 23.2 Å². The van der Waals surface area contributed by atoms with Crippen LogP contribution in [0.1, 0.15) is 37.8 Å². The van der Waals surface area contributed by atoms with Crippen LogP contribution in [-0.4, -0.2) is 35.1 Å². The number of hydrogen-bond acceptors (Lipinski definition) is 3. The summed E-state index contributed by atoms with van der Waals surface area (Å²) >= 11 is 13.9. The minimum atomic E-state index is -0.628. The number of nitrogens with one attached hydrogen (secondary N) is 1. The molecule has 2 amide bonds. The van der Waals surface area contributed by atoms with Gasteiger partial charge in [-0.25, -0.2) is 0 Å². The van der Waals surface area contributed by atoms with Crippen LogP contribution in [0.3, 0.4) is 0 Å². The number of carbonyl (C=O) groups is 2. The Bertz CT molecular complexity index is 1140. The highest BCUT2D eigenvalue weighted by molar-refractivity contribution is 7.99. The Labute approximate surface area is 234 Å². The van der Waals surface area contributed by atoms with Gasteiger partial charge in [-0.1, -0.05) is 79.5 Å². The lowest BCUT2D eigenvalue weighted by Gasteiger charge is -2.32. The van der Waals surface area contributed by atoms with E-state index in [1.807, 2.05) is 78.9 Å². The maximum absolute atomic E-state index is 13.6. The van der Waals surface area contributed by atoms with E-state index in [-0.39, 0.29) is 11.8 Å². The highest BCUT2D eigenvalue weighted by Crippen LogP contribution is 2.23. The van der Waals surface area contributed by atoms with E-state index in [1.165, 1.54) is 0 Å². The smallest absolute Gasteiger partial charge is 0.243 e. The molecule has 7 heteroatoms. The molecule has 196 valence electrons. The SMILES string of the molecule is CC(C)CNC(=O)C(Cc1ccccc1)N(Cc1cccc(Cl)c1)C(=O)CCCSc1ccc(Cl)cc1. The second kappa shape index (κ2) is 15.1. The van der Waals surface area contributed by atoms with Crippen LogP contribution in [0.5, 0.6) is 0 Å². The summed E-state index contributed by atoms with van der Waals surface area (Å²) in [7, 11) is 0. The first-order valence-corrected chi connectivity index (χ1v) is 14.3. The standard InChI is InChI=1S/C30H34Cl2N2O2S/c1-22(2)20-33-30(36)28(19-23-8-4-3-5-9-23)34(21-24-10-6-11-26(32)18-24)29(35)12-7-17-37-27-15-13-25(31)14-16-27/h3-6,8-11,13-16,18,22,28H,7,12,17,19-21H2,1-2H3,(H,33,36). The molecule has 0 spiro atoms. The van der Waals surface area contributed by atoms with E-state index in [9.17, 15) is 9.59 Å². The van der Waals surface area contributed by atoms with Crippen molar-refractivity contribution in [2.24, 2.45) is 5.92 Å². The zero-order valence-corrected chi connectivity index (χ0v) is 23.7. The van der Waals surface area contributed by atoms with Crippen LogP contribution in [0.25, 0.3) is 0 Å². The van der Waals surface area contributed by atoms with Crippen molar-refractivity contribution in [3.63, 3.8) is 0 Å². The summed E-state index contributed by atoms with van der Waals surface area (Å²) in [6.07, 6.45) is 1.49.